The van der Waals surface area contributed by atoms with Crippen molar-refractivity contribution in [3.05, 3.63) is 47.2 Å². The van der Waals surface area contributed by atoms with Crippen LogP contribution in [0.3, 0.4) is 0 Å². The van der Waals surface area contributed by atoms with Gasteiger partial charge in [-0.2, -0.15) is 0 Å². The van der Waals surface area contributed by atoms with Gasteiger partial charge < -0.3 is 14.4 Å². The number of aliphatic hydroxyl groups is 1. The zero-order valence-corrected chi connectivity index (χ0v) is 16.0. The number of aromatic nitrogens is 3. The first-order chi connectivity index (χ1) is 13.0. The molecule has 0 aliphatic carbocycles. The average molecular weight is 367 g/mol. The third kappa shape index (κ3) is 3.65. The largest absolute Gasteiger partial charge is 0.439 e. The van der Waals surface area contributed by atoms with Gasteiger partial charge in [0.2, 0.25) is 5.89 Å². The van der Waals surface area contributed by atoms with E-state index < -0.39 is 6.10 Å². The van der Waals surface area contributed by atoms with Gasteiger partial charge >= 0.3 is 0 Å². The van der Waals surface area contributed by atoms with Gasteiger partial charge in [0, 0.05) is 37.4 Å². The molecule has 0 bridgehead atoms. The van der Waals surface area contributed by atoms with E-state index in [4.69, 9.17) is 4.42 Å². The van der Waals surface area contributed by atoms with Gasteiger partial charge in [-0.25, -0.2) is 15.0 Å². The number of benzene rings is 1. The van der Waals surface area contributed by atoms with Gasteiger partial charge in [0.15, 0.2) is 5.58 Å². The second kappa shape index (κ2) is 7.25. The maximum absolute atomic E-state index is 9.72. The molecule has 0 saturated carbocycles. The topological polar surface area (TPSA) is 78.5 Å². The monoisotopic (exact) mass is 367 g/mol. The molecule has 27 heavy (non-hydrogen) atoms. The van der Waals surface area contributed by atoms with Crippen molar-refractivity contribution >= 4 is 16.9 Å². The minimum Gasteiger partial charge on any atom is -0.439 e. The summed E-state index contributed by atoms with van der Waals surface area (Å²) in [6, 6.07) is 5.67. The maximum Gasteiger partial charge on any atom is 0.209 e. The van der Waals surface area contributed by atoms with Crippen molar-refractivity contribution in [1.82, 2.24) is 19.9 Å². The molecule has 7 heteroatoms. The average Bonchev–Trinajstić information content (AvgIpc) is 3.06. The summed E-state index contributed by atoms with van der Waals surface area (Å²) in [5, 5.41) is 9.72. The Morgan fingerprint density at radius 3 is 2.67 bits per heavy atom. The minimum absolute atomic E-state index is 0.509. The second-order valence-corrected chi connectivity index (χ2v) is 7.18. The van der Waals surface area contributed by atoms with Crippen LogP contribution >= 0.6 is 0 Å². The third-order valence-electron chi connectivity index (χ3n) is 5.28. The van der Waals surface area contributed by atoms with Crippen LogP contribution in [0.4, 0.5) is 5.82 Å². The first-order valence-corrected chi connectivity index (χ1v) is 9.34. The molecule has 1 fully saturated rings. The van der Waals surface area contributed by atoms with Crippen LogP contribution in [0.5, 0.6) is 0 Å². The van der Waals surface area contributed by atoms with Crippen LogP contribution in [-0.2, 0) is 6.54 Å². The summed E-state index contributed by atoms with van der Waals surface area (Å²) in [5.41, 5.74) is 4.59. The molecule has 0 radical (unpaired) electrons. The van der Waals surface area contributed by atoms with Crippen LogP contribution < -0.4 is 4.90 Å². The van der Waals surface area contributed by atoms with Gasteiger partial charge in [-0.15, -0.1) is 0 Å². The number of nitrogens with zero attached hydrogens (tertiary/aromatic N) is 5. The van der Waals surface area contributed by atoms with Gasteiger partial charge in [0.1, 0.15) is 17.7 Å². The Morgan fingerprint density at radius 2 is 1.93 bits per heavy atom. The van der Waals surface area contributed by atoms with E-state index in [-0.39, 0.29) is 0 Å². The molecule has 0 spiro atoms. The van der Waals surface area contributed by atoms with E-state index in [0.717, 1.165) is 65.8 Å². The summed E-state index contributed by atoms with van der Waals surface area (Å²) >= 11 is 0. The molecule has 3 aromatic rings. The van der Waals surface area contributed by atoms with Gasteiger partial charge in [-0.1, -0.05) is 6.07 Å². The van der Waals surface area contributed by atoms with Gasteiger partial charge in [0.25, 0.3) is 0 Å². The lowest BCUT2D eigenvalue weighted by Gasteiger charge is -2.35. The number of piperazine rings is 1. The lowest BCUT2D eigenvalue weighted by Crippen LogP contribution is -2.46. The normalized spacial score (nSPS) is 16.8. The molecule has 1 N–H and O–H groups in total. The van der Waals surface area contributed by atoms with E-state index in [9.17, 15) is 5.11 Å². The number of rotatable bonds is 4. The fourth-order valence-corrected chi connectivity index (χ4v) is 3.47. The maximum atomic E-state index is 9.72. The molecule has 142 valence electrons. The summed E-state index contributed by atoms with van der Waals surface area (Å²) in [5.74, 6) is 1.75. The highest BCUT2D eigenvalue weighted by Crippen LogP contribution is 2.23. The van der Waals surface area contributed by atoms with Crippen molar-refractivity contribution in [3.63, 3.8) is 0 Å². The summed E-state index contributed by atoms with van der Waals surface area (Å²) < 4.78 is 5.91. The van der Waals surface area contributed by atoms with Crippen molar-refractivity contribution < 1.29 is 9.52 Å². The molecule has 1 saturated heterocycles. The van der Waals surface area contributed by atoms with Gasteiger partial charge in [-0.3, -0.25) is 4.90 Å². The Labute approximate surface area is 158 Å². The minimum atomic E-state index is -0.509. The zero-order chi connectivity index (χ0) is 19.0. The molecule has 1 aliphatic rings. The van der Waals surface area contributed by atoms with Gasteiger partial charge in [-0.05, 0) is 38.5 Å². The molecule has 1 atom stereocenters. The highest BCUT2D eigenvalue weighted by molar-refractivity contribution is 5.73. The summed E-state index contributed by atoms with van der Waals surface area (Å²) in [4.78, 5) is 18.0. The van der Waals surface area contributed by atoms with Crippen LogP contribution in [0.2, 0.25) is 0 Å². The van der Waals surface area contributed by atoms with Crippen molar-refractivity contribution in [3.8, 4) is 0 Å². The molecule has 1 aliphatic heterocycles. The lowest BCUT2D eigenvalue weighted by atomic mass is 10.1. The molecule has 7 nitrogen and oxygen atoms in total. The summed E-state index contributed by atoms with van der Waals surface area (Å²) in [7, 11) is 0. The van der Waals surface area contributed by atoms with E-state index in [1.54, 1.807) is 13.3 Å². The standard InChI is InChI=1S/C20H25N5O2/c1-13-14(2)21-12-22-20(13)25-8-6-24(7-9-25)11-19-23-17-5-4-16(15(3)26)10-18(17)27-19/h4-5,10,12,15,26H,6-9,11H2,1-3H3. The number of hydrogen-bond acceptors (Lipinski definition) is 7. The predicted octanol–water partition coefficient (Wildman–Crippen LogP) is 2.61. The fourth-order valence-electron chi connectivity index (χ4n) is 3.47. The Bertz CT molecular complexity index is 945. The van der Waals surface area contributed by atoms with Crippen molar-refractivity contribution in [2.45, 2.75) is 33.4 Å². The molecule has 3 heterocycles. The van der Waals surface area contributed by atoms with Crippen LogP contribution in [-0.4, -0.2) is 51.1 Å². The smallest absolute Gasteiger partial charge is 0.209 e. The Morgan fingerprint density at radius 1 is 1.15 bits per heavy atom. The first kappa shape index (κ1) is 17.9. The number of aliphatic hydroxyl groups excluding tert-OH is 1. The SMILES string of the molecule is Cc1ncnc(N2CCN(Cc3nc4ccc(C(C)O)cc4o3)CC2)c1C. The molecule has 2 aromatic heterocycles. The quantitative estimate of drug-likeness (QED) is 0.759. The third-order valence-corrected chi connectivity index (χ3v) is 5.28. The molecular weight excluding hydrogens is 342 g/mol. The molecular formula is C20H25N5O2. The zero-order valence-electron chi connectivity index (χ0n) is 16.0. The van der Waals surface area contributed by atoms with E-state index in [2.05, 4.69) is 31.7 Å². The summed E-state index contributed by atoms with van der Waals surface area (Å²) in [6.45, 7) is 10.2. The van der Waals surface area contributed by atoms with Crippen molar-refractivity contribution in [1.29, 1.82) is 0 Å². The van der Waals surface area contributed by atoms with Crippen molar-refractivity contribution in [2.75, 3.05) is 31.1 Å². The molecule has 1 aromatic carbocycles. The molecule has 4 rings (SSSR count). The lowest BCUT2D eigenvalue weighted by molar-refractivity contribution is 0.199. The van der Waals surface area contributed by atoms with Crippen LogP contribution in [0.25, 0.3) is 11.1 Å². The first-order valence-electron chi connectivity index (χ1n) is 9.34. The Hall–Kier alpha value is -2.51. The predicted molar refractivity (Wildman–Crippen MR) is 104 cm³/mol. The molecule has 1 unspecified atom stereocenters. The fraction of sp³-hybridized carbons (Fsp3) is 0.450. The Kier molecular flexibility index (Phi) is 4.80. The number of hydrogen-bond donors (Lipinski definition) is 1. The van der Waals surface area contributed by atoms with E-state index in [1.807, 2.05) is 25.1 Å². The highest BCUT2D eigenvalue weighted by atomic mass is 16.3. The second-order valence-electron chi connectivity index (χ2n) is 7.18. The van der Waals surface area contributed by atoms with Gasteiger partial charge in [0.05, 0.1) is 12.6 Å². The van der Waals surface area contributed by atoms with Crippen LogP contribution in [0.1, 0.15) is 35.7 Å². The van der Waals surface area contributed by atoms with E-state index in [0.29, 0.717) is 6.54 Å². The van der Waals surface area contributed by atoms with Crippen LogP contribution in [0, 0.1) is 13.8 Å². The summed E-state index contributed by atoms with van der Waals surface area (Å²) in [6.07, 6.45) is 1.13. The number of oxazole rings is 1. The number of aryl methyl sites for hydroxylation is 1. The molecule has 0 amide bonds. The van der Waals surface area contributed by atoms with Crippen molar-refractivity contribution in [2.24, 2.45) is 0 Å². The number of anilines is 1. The van der Waals surface area contributed by atoms with E-state index in [1.165, 1.54) is 0 Å². The highest BCUT2D eigenvalue weighted by Gasteiger charge is 2.21. The Balaban J connectivity index is 1.42. The van der Waals surface area contributed by atoms with E-state index >= 15 is 0 Å². The number of fused-ring (bicyclic) bond motifs is 1. The van der Waals surface area contributed by atoms with Crippen LogP contribution in [0.15, 0.2) is 28.9 Å².